The second-order valence-electron chi connectivity index (χ2n) is 3.82. The Morgan fingerprint density at radius 1 is 1.67 bits per heavy atom. The molecular formula is C11H19N3S. The molecule has 0 aliphatic heterocycles. The lowest BCUT2D eigenvalue weighted by Gasteiger charge is -2.15. The highest BCUT2D eigenvalue weighted by molar-refractivity contribution is 7.05. The van der Waals surface area contributed by atoms with Crippen molar-refractivity contribution in [3.63, 3.8) is 0 Å². The van der Waals surface area contributed by atoms with Crippen LogP contribution in [0.5, 0.6) is 0 Å². The molecule has 0 fully saturated rings. The SMILES string of the molecule is C=C(C)CCC(NCCC)c1cnns1. The summed E-state index contributed by atoms with van der Waals surface area (Å²) < 4.78 is 3.91. The van der Waals surface area contributed by atoms with Crippen molar-refractivity contribution in [2.75, 3.05) is 6.54 Å². The van der Waals surface area contributed by atoms with Crippen LogP contribution < -0.4 is 5.32 Å². The second-order valence-corrected chi connectivity index (χ2v) is 4.64. The molecule has 1 heterocycles. The van der Waals surface area contributed by atoms with Gasteiger partial charge in [-0.3, -0.25) is 0 Å². The van der Waals surface area contributed by atoms with Gasteiger partial charge in [-0.2, -0.15) is 0 Å². The summed E-state index contributed by atoms with van der Waals surface area (Å²) >= 11 is 1.48. The molecule has 1 aromatic heterocycles. The molecule has 0 spiro atoms. The Kier molecular flexibility index (Phi) is 5.50. The summed E-state index contributed by atoms with van der Waals surface area (Å²) in [5.74, 6) is 0. The van der Waals surface area contributed by atoms with Gasteiger partial charge in [0.25, 0.3) is 0 Å². The van der Waals surface area contributed by atoms with Gasteiger partial charge < -0.3 is 5.32 Å². The topological polar surface area (TPSA) is 37.8 Å². The van der Waals surface area contributed by atoms with Crippen LogP contribution in [0.2, 0.25) is 0 Å². The third-order valence-corrected chi connectivity index (χ3v) is 3.00. The van der Waals surface area contributed by atoms with E-state index in [0.717, 1.165) is 25.8 Å². The molecule has 1 N–H and O–H groups in total. The van der Waals surface area contributed by atoms with Crippen molar-refractivity contribution in [1.82, 2.24) is 14.9 Å². The van der Waals surface area contributed by atoms with Gasteiger partial charge in [-0.1, -0.05) is 17.0 Å². The molecule has 0 aliphatic rings. The van der Waals surface area contributed by atoms with E-state index in [1.165, 1.54) is 22.0 Å². The van der Waals surface area contributed by atoms with E-state index < -0.39 is 0 Å². The molecule has 0 saturated heterocycles. The number of nitrogens with zero attached hydrogens (tertiary/aromatic N) is 2. The van der Waals surface area contributed by atoms with Crippen molar-refractivity contribution in [2.24, 2.45) is 0 Å². The minimum atomic E-state index is 0.390. The maximum Gasteiger partial charge on any atom is 0.0669 e. The first-order valence-corrected chi connectivity index (χ1v) is 6.16. The van der Waals surface area contributed by atoms with Gasteiger partial charge in [0.15, 0.2) is 0 Å². The fraction of sp³-hybridized carbons (Fsp3) is 0.636. The van der Waals surface area contributed by atoms with E-state index in [2.05, 4.69) is 35.3 Å². The number of nitrogens with one attached hydrogen (secondary N) is 1. The van der Waals surface area contributed by atoms with Crippen LogP contribution >= 0.6 is 11.5 Å². The number of rotatable bonds is 7. The van der Waals surface area contributed by atoms with E-state index in [1.807, 2.05) is 6.20 Å². The molecule has 1 rings (SSSR count). The van der Waals surface area contributed by atoms with Crippen LogP contribution in [-0.2, 0) is 0 Å². The monoisotopic (exact) mass is 225 g/mol. The predicted molar refractivity (Wildman–Crippen MR) is 65.0 cm³/mol. The summed E-state index contributed by atoms with van der Waals surface area (Å²) in [5.41, 5.74) is 1.23. The molecule has 0 radical (unpaired) electrons. The van der Waals surface area contributed by atoms with E-state index in [-0.39, 0.29) is 0 Å². The molecule has 3 nitrogen and oxygen atoms in total. The third-order valence-electron chi connectivity index (χ3n) is 2.22. The van der Waals surface area contributed by atoms with Gasteiger partial charge in [0, 0.05) is 6.04 Å². The van der Waals surface area contributed by atoms with E-state index in [9.17, 15) is 0 Å². The Bertz CT molecular complexity index is 282. The van der Waals surface area contributed by atoms with Gasteiger partial charge in [-0.25, -0.2) is 0 Å². The maximum atomic E-state index is 3.93. The van der Waals surface area contributed by atoms with E-state index >= 15 is 0 Å². The summed E-state index contributed by atoms with van der Waals surface area (Å²) in [7, 11) is 0. The maximum absolute atomic E-state index is 3.93. The lowest BCUT2D eigenvalue weighted by molar-refractivity contribution is 0.505. The zero-order chi connectivity index (χ0) is 11.1. The Labute approximate surface area is 95.8 Å². The number of hydrogen-bond acceptors (Lipinski definition) is 4. The smallest absolute Gasteiger partial charge is 0.0669 e. The highest BCUT2D eigenvalue weighted by atomic mass is 32.1. The number of allylic oxidation sites excluding steroid dienone is 1. The first kappa shape index (κ1) is 12.3. The van der Waals surface area contributed by atoms with Crippen LogP contribution in [-0.4, -0.2) is 16.1 Å². The van der Waals surface area contributed by atoms with Crippen LogP contribution in [0.3, 0.4) is 0 Å². The van der Waals surface area contributed by atoms with Crippen molar-refractivity contribution in [3.05, 3.63) is 23.2 Å². The Balaban J connectivity index is 2.49. The molecule has 1 atom stereocenters. The molecule has 0 aromatic carbocycles. The van der Waals surface area contributed by atoms with Gasteiger partial charge in [0.05, 0.1) is 11.1 Å². The van der Waals surface area contributed by atoms with E-state index in [4.69, 9.17) is 0 Å². The Morgan fingerprint density at radius 2 is 2.47 bits per heavy atom. The molecule has 1 unspecified atom stereocenters. The average molecular weight is 225 g/mol. The molecule has 0 saturated carbocycles. The largest absolute Gasteiger partial charge is 0.309 e. The summed E-state index contributed by atoms with van der Waals surface area (Å²) in [6.07, 6.45) is 5.14. The van der Waals surface area contributed by atoms with Crippen LogP contribution in [0.1, 0.15) is 44.0 Å². The van der Waals surface area contributed by atoms with Crippen LogP contribution in [0.4, 0.5) is 0 Å². The van der Waals surface area contributed by atoms with Gasteiger partial charge in [-0.15, -0.1) is 11.7 Å². The van der Waals surface area contributed by atoms with Gasteiger partial charge >= 0.3 is 0 Å². The molecule has 1 aromatic rings. The molecule has 84 valence electrons. The molecule has 0 bridgehead atoms. The predicted octanol–water partition coefficient (Wildman–Crippen LogP) is 2.94. The van der Waals surface area contributed by atoms with Crippen LogP contribution in [0.15, 0.2) is 18.3 Å². The lowest BCUT2D eigenvalue weighted by Crippen LogP contribution is -2.21. The van der Waals surface area contributed by atoms with Gasteiger partial charge in [0.2, 0.25) is 0 Å². The molecule has 0 amide bonds. The van der Waals surface area contributed by atoms with Crippen molar-refractivity contribution < 1.29 is 0 Å². The summed E-state index contributed by atoms with van der Waals surface area (Å²) in [4.78, 5) is 1.23. The Hall–Kier alpha value is -0.740. The van der Waals surface area contributed by atoms with E-state index in [0.29, 0.717) is 6.04 Å². The van der Waals surface area contributed by atoms with Gasteiger partial charge in [0.1, 0.15) is 0 Å². The first-order valence-electron chi connectivity index (χ1n) is 5.39. The average Bonchev–Trinajstić information content (AvgIpc) is 2.71. The molecular weight excluding hydrogens is 206 g/mol. The molecule has 4 heteroatoms. The van der Waals surface area contributed by atoms with Crippen molar-refractivity contribution in [1.29, 1.82) is 0 Å². The fourth-order valence-corrected chi connectivity index (χ4v) is 1.99. The standard InChI is InChI=1S/C11H19N3S/c1-4-7-12-10(6-5-9(2)3)11-8-13-14-15-11/h8,10,12H,2,4-7H2,1,3H3. The first-order chi connectivity index (χ1) is 7.24. The minimum Gasteiger partial charge on any atom is -0.309 e. The van der Waals surface area contributed by atoms with Crippen LogP contribution in [0, 0.1) is 0 Å². The zero-order valence-electron chi connectivity index (χ0n) is 9.49. The summed E-state index contributed by atoms with van der Waals surface area (Å²) in [6.45, 7) is 9.22. The highest BCUT2D eigenvalue weighted by Crippen LogP contribution is 2.22. The van der Waals surface area contributed by atoms with Gasteiger partial charge in [-0.05, 0) is 44.3 Å². The lowest BCUT2D eigenvalue weighted by atomic mass is 10.1. The summed E-state index contributed by atoms with van der Waals surface area (Å²) in [6, 6.07) is 0.390. The number of aromatic nitrogens is 2. The summed E-state index contributed by atoms with van der Waals surface area (Å²) in [5, 5.41) is 7.40. The second kappa shape index (κ2) is 6.69. The minimum absolute atomic E-state index is 0.390. The fourth-order valence-electron chi connectivity index (χ4n) is 1.38. The van der Waals surface area contributed by atoms with Crippen molar-refractivity contribution >= 4 is 11.5 Å². The zero-order valence-corrected chi connectivity index (χ0v) is 10.3. The third kappa shape index (κ3) is 4.53. The van der Waals surface area contributed by atoms with Crippen LogP contribution in [0.25, 0.3) is 0 Å². The molecule has 15 heavy (non-hydrogen) atoms. The quantitative estimate of drug-likeness (QED) is 0.725. The number of hydrogen-bond donors (Lipinski definition) is 1. The Morgan fingerprint density at radius 3 is 3.00 bits per heavy atom. The normalized spacial score (nSPS) is 12.7. The molecule has 0 aliphatic carbocycles. The van der Waals surface area contributed by atoms with Crippen molar-refractivity contribution in [2.45, 2.75) is 39.2 Å². The van der Waals surface area contributed by atoms with E-state index in [1.54, 1.807) is 0 Å². The highest BCUT2D eigenvalue weighted by Gasteiger charge is 2.12. The van der Waals surface area contributed by atoms with Crippen molar-refractivity contribution in [3.8, 4) is 0 Å².